The average Bonchev–Trinajstić information content (AvgIpc) is 2.52. The summed E-state index contributed by atoms with van der Waals surface area (Å²) in [6.45, 7) is 3.91. The zero-order chi connectivity index (χ0) is 15.1. The lowest BCUT2D eigenvalue weighted by atomic mass is 10.2. The van der Waals surface area contributed by atoms with E-state index in [0.29, 0.717) is 19.7 Å². The molecule has 21 heavy (non-hydrogen) atoms. The molecule has 1 aromatic rings. The summed E-state index contributed by atoms with van der Waals surface area (Å²) >= 11 is 0. The van der Waals surface area contributed by atoms with Gasteiger partial charge in [0.25, 0.3) is 0 Å². The van der Waals surface area contributed by atoms with Crippen molar-refractivity contribution in [1.82, 2.24) is 9.80 Å². The van der Waals surface area contributed by atoms with Crippen molar-refractivity contribution in [3.63, 3.8) is 0 Å². The van der Waals surface area contributed by atoms with E-state index in [1.165, 1.54) is 4.90 Å². The molecule has 1 fully saturated rings. The van der Waals surface area contributed by atoms with Crippen LogP contribution in [0.15, 0.2) is 30.3 Å². The van der Waals surface area contributed by atoms with Crippen LogP contribution >= 0.6 is 0 Å². The third-order valence-corrected chi connectivity index (χ3v) is 3.23. The minimum atomic E-state index is -0.455. The molecular formula is C15H20N2O4. The van der Waals surface area contributed by atoms with Gasteiger partial charge in [0.1, 0.15) is 19.9 Å². The van der Waals surface area contributed by atoms with Crippen molar-refractivity contribution in [3.8, 4) is 0 Å². The van der Waals surface area contributed by atoms with Crippen LogP contribution in [0.1, 0.15) is 12.5 Å². The first-order valence-electron chi connectivity index (χ1n) is 7.02. The predicted octanol–water partition coefficient (Wildman–Crippen LogP) is 1.46. The van der Waals surface area contributed by atoms with E-state index in [9.17, 15) is 9.59 Å². The summed E-state index contributed by atoms with van der Waals surface area (Å²) in [6, 6.07) is 9.46. The number of amides is 2. The van der Waals surface area contributed by atoms with Gasteiger partial charge in [0.05, 0.1) is 0 Å². The summed E-state index contributed by atoms with van der Waals surface area (Å²) in [4.78, 5) is 26.9. The number of benzene rings is 1. The van der Waals surface area contributed by atoms with Crippen molar-refractivity contribution < 1.29 is 19.1 Å². The number of carbonyl (C=O) groups excluding carboxylic acids is 2. The van der Waals surface area contributed by atoms with Crippen molar-refractivity contribution in [3.05, 3.63) is 35.9 Å². The maximum absolute atomic E-state index is 11.9. The first kappa shape index (κ1) is 15.3. The number of hydrogen-bond acceptors (Lipinski definition) is 4. The van der Waals surface area contributed by atoms with Gasteiger partial charge in [-0.05, 0) is 12.5 Å². The smallest absolute Gasteiger partial charge is 0.410 e. The van der Waals surface area contributed by atoms with Gasteiger partial charge >= 0.3 is 6.09 Å². The third kappa shape index (κ3) is 4.46. The van der Waals surface area contributed by atoms with E-state index in [0.717, 1.165) is 5.56 Å². The molecule has 0 unspecified atom stereocenters. The third-order valence-electron chi connectivity index (χ3n) is 3.23. The van der Waals surface area contributed by atoms with E-state index in [-0.39, 0.29) is 25.8 Å². The molecule has 1 aliphatic rings. The zero-order valence-corrected chi connectivity index (χ0v) is 12.2. The largest absolute Gasteiger partial charge is 0.445 e. The fraction of sp³-hybridized carbons (Fsp3) is 0.467. The highest BCUT2D eigenvalue weighted by Gasteiger charge is 2.27. The van der Waals surface area contributed by atoms with Gasteiger partial charge in [-0.25, -0.2) is 4.79 Å². The van der Waals surface area contributed by atoms with E-state index in [4.69, 9.17) is 9.47 Å². The zero-order valence-electron chi connectivity index (χ0n) is 12.2. The molecule has 0 radical (unpaired) electrons. The second-order valence-corrected chi connectivity index (χ2v) is 4.74. The highest BCUT2D eigenvalue weighted by Crippen LogP contribution is 2.07. The molecule has 0 aliphatic carbocycles. The van der Waals surface area contributed by atoms with Crippen LogP contribution in [0.5, 0.6) is 0 Å². The lowest BCUT2D eigenvalue weighted by Gasteiger charge is -2.33. The maximum Gasteiger partial charge on any atom is 0.410 e. The number of rotatable bonds is 5. The van der Waals surface area contributed by atoms with Gasteiger partial charge in [-0.2, -0.15) is 0 Å². The van der Waals surface area contributed by atoms with Crippen LogP contribution in [0, 0.1) is 0 Å². The van der Waals surface area contributed by atoms with Crippen LogP contribution < -0.4 is 0 Å². The number of piperazine rings is 1. The lowest BCUT2D eigenvalue weighted by Crippen LogP contribution is -2.52. The Kier molecular flexibility index (Phi) is 5.57. The van der Waals surface area contributed by atoms with E-state index < -0.39 is 6.09 Å². The van der Waals surface area contributed by atoms with Crippen LogP contribution in [-0.2, 0) is 20.9 Å². The Labute approximate surface area is 124 Å². The van der Waals surface area contributed by atoms with Crippen molar-refractivity contribution in [1.29, 1.82) is 0 Å². The molecule has 1 saturated heterocycles. The molecule has 0 N–H and O–H groups in total. The monoisotopic (exact) mass is 292 g/mol. The number of nitrogens with zero attached hydrogens (tertiary/aromatic N) is 2. The molecule has 0 bridgehead atoms. The number of hydrogen-bond donors (Lipinski definition) is 0. The Morgan fingerprint density at radius 1 is 1.24 bits per heavy atom. The lowest BCUT2D eigenvalue weighted by molar-refractivity contribution is -0.141. The van der Waals surface area contributed by atoms with Crippen molar-refractivity contribution >= 4 is 12.0 Å². The summed E-state index contributed by atoms with van der Waals surface area (Å²) in [5.74, 6) is -0.119. The Bertz CT molecular complexity index is 478. The van der Waals surface area contributed by atoms with Gasteiger partial charge in [0.15, 0.2) is 0 Å². The normalized spacial score (nSPS) is 15.2. The standard InChI is InChI=1S/C15H20N2O4/c1-2-20-12-17-9-8-16(10-14(17)18)15(19)21-11-13-6-4-3-5-7-13/h3-7H,2,8-12H2,1H3. The quantitative estimate of drug-likeness (QED) is 0.824. The first-order valence-corrected chi connectivity index (χ1v) is 7.02. The molecule has 114 valence electrons. The molecule has 0 aromatic heterocycles. The van der Waals surface area contributed by atoms with Gasteiger partial charge in [0, 0.05) is 19.7 Å². The molecular weight excluding hydrogens is 272 g/mol. The molecule has 0 atom stereocenters. The van der Waals surface area contributed by atoms with E-state index in [1.807, 2.05) is 37.3 Å². The maximum atomic E-state index is 11.9. The minimum Gasteiger partial charge on any atom is -0.445 e. The summed E-state index contributed by atoms with van der Waals surface area (Å²) in [5, 5.41) is 0. The fourth-order valence-corrected chi connectivity index (χ4v) is 2.01. The first-order chi connectivity index (χ1) is 10.2. The van der Waals surface area contributed by atoms with E-state index in [2.05, 4.69) is 0 Å². The Morgan fingerprint density at radius 3 is 2.67 bits per heavy atom. The second-order valence-electron chi connectivity index (χ2n) is 4.74. The van der Waals surface area contributed by atoms with Crippen LogP contribution in [0.2, 0.25) is 0 Å². The van der Waals surface area contributed by atoms with Crippen LogP contribution in [0.3, 0.4) is 0 Å². The Morgan fingerprint density at radius 2 is 2.00 bits per heavy atom. The molecule has 2 amide bonds. The highest BCUT2D eigenvalue weighted by molar-refractivity contribution is 5.83. The SMILES string of the molecule is CCOCN1CCN(C(=O)OCc2ccccc2)CC1=O. The molecule has 0 saturated carbocycles. The summed E-state index contributed by atoms with van der Waals surface area (Å²) in [5.41, 5.74) is 0.923. The predicted molar refractivity (Wildman–Crippen MR) is 76.4 cm³/mol. The fourth-order valence-electron chi connectivity index (χ4n) is 2.01. The summed E-state index contributed by atoms with van der Waals surface area (Å²) in [6.07, 6.45) is -0.455. The molecule has 0 spiro atoms. The summed E-state index contributed by atoms with van der Waals surface area (Å²) in [7, 11) is 0. The van der Waals surface area contributed by atoms with E-state index in [1.54, 1.807) is 4.90 Å². The Hall–Kier alpha value is -2.08. The van der Waals surface area contributed by atoms with Gasteiger partial charge < -0.3 is 14.4 Å². The summed E-state index contributed by atoms with van der Waals surface area (Å²) < 4.78 is 10.4. The van der Waals surface area contributed by atoms with Crippen molar-refractivity contribution in [2.75, 3.05) is 33.0 Å². The molecule has 1 aromatic carbocycles. The topological polar surface area (TPSA) is 59.1 Å². The highest BCUT2D eigenvalue weighted by atomic mass is 16.6. The average molecular weight is 292 g/mol. The second kappa shape index (κ2) is 7.64. The van der Waals surface area contributed by atoms with Gasteiger partial charge in [-0.1, -0.05) is 30.3 Å². The molecule has 6 nitrogen and oxygen atoms in total. The van der Waals surface area contributed by atoms with E-state index >= 15 is 0 Å². The van der Waals surface area contributed by atoms with Crippen LogP contribution in [0.25, 0.3) is 0 Å². The van der Waals surface area contributed by atoms with Gasteiger partial charge in [-0.3, -0.25) is 9.69 Å². The van der Waals surface area contributed by atoms with Crippen LogP contribution in [-0.4, -0.2) is 54.8 Å². The van der Waals surface area contributed by atoms with Gasteiger partial charge in [-0.15, -0.1) is 0 Å². The molecule has 1 heterocycles. The molecule has 6 heteroatoms. The number of carbonyl (C=O) groups is 2. The minimum absolute atomic E-state index is 0.0424. The Balaban J connectivity index is 1.78. The number of ether oxygens (including phenoxy) is 2. The van der Waals surface area contributed by atoms with Crippen molar-refractivity contribution in [2.45, 2.75) is 13.5 Å². The van der Waals surface area contributed by atoms with Crippen molar-refractivity contribution in [2.24, 2.45) is 0 Å². The van der Waals surface area contributed by atoms with Gasteiger partial charge in [0.2, 0.25) is 5.91 Å². The molecule has 1 aliphatic heterocycles. The molecule has 2 rings (SSSR count). The van der Waals surface area contributed by atoms with Crippen LogP contribution in [0.4, 0.5) is 4.79 Å².